The van der Waals surface area contributed by atoms with Gasteiger partial charge in [-0.05, 0) is 37.1 Å². The van der Waals surface area contributed by atoms with Gasteiger partial charge in [-0.25, -0.2) is 4.79 Å². The molecule has 2 rings (SSSR count). The van der Waals surface area contributed by atoms with Crippen molar-refractivity contribution in [3.63, 3.8) is 0 Å². The monoisotopic (exact) mass is 273 g/mol. The summed E-state index contributed by atoms with van der Waals surface area (Å²) in [6, 6.07) is 6.20. The number of piperidine rings is 1. The number of rotatable bonds is 2. The largest absolute Gasteiger partial charge is 0.478 e. The Morgan fingerprint density at radius 2 is 1.68 bits per heavy atom. The fraction of sp³-hybridized carbons (Fsp3) is 0.462. The second kappa shape index (κ2) is 5.11. The summed E-state index contributed by atoms with van der Waals surface area (Å²) >= 11 is 0. The topological polar surface area (TPSA) is 40.5 Å². The van der Waals surface area contributed by atoms with Crippen LogP contribution < -0.4 is 4.90 Å². The van der Waals surface area contributed by atoms with E-state index in [-0.39, 0.29) is 18.4 Å². The fourth-order valence-corrected chi connectivity index (χ4v) is 2.28. The SMILES string of the molecule is O=C(O)c1ccc(N2CCC(C(F)(F)F)CC2)cc1. The fourth-order valence-electron chi connectivity index (χ4n) is 2.28. The highest BCUT2D eigenvalue weighted by Gasteiger charge is 2.41. The number of anilines is 1. The molecule has 1 aromatic rings. The van der Waals surface area contributed by atoms with E-state index >= 15 is 0 Å². The zero-order valence-electron chi connectivity index (χ0n) is 10.2. The number of carboxylic acid groups (broad SMARTS) is 1. The maximum Gasteiger partial charge on any atom is 0.391 e. The summed E-state index contributed by atoms with van der Waals surface area (Å²) < 4.78 is 37.6. The van der Waals surface area contributed by atoms with Gasteiger partial charge in [-0.2, -0.15) is 13.2 Å². The van der Waals surface area contributed by atoms with Crippen LogP contribution in [-0.2, 0) is 0 Å². The number of alkyl halides is 3. The van der Waals surface area contributed by atoms with Crippen LogP contribution in [0.4, 0.5) is 18.9 Å². The molecule has 3 nitrogen and oxygen atoms in total. The molecule has 0 unspecified atom stereocenters. The minimum absolute atomic E-state index is 0.0875. The molecule has 1 N–H and O–H groups in total. The first-order chi connectivity index (χ1) is 8.88. The molecule has 0 saturated carbocycles. The van der Waals surface area contributed by atoms with Gasteiger partial charge in [-0.1, -0.05) is 0 Å². The Morgan fingerprint density at radius 1 is 1.16 bits per heavy atom. The lowest BCUT2D eigenvalue weighted by Gasteiger charge is -2.34. The van der Waals surface area contributed by atoms with Gasteiger partial charge in [0.1, 0.15) is 0 Å². The molecule has 0 atom stereocenters. The van der Waals surface area contributed by atoms with Crippen molar-refractivity contribution in [2.45, 2.75) is 19.0 Å². The molecule has 1 aliphatic rings. The van der Waals surface area contributed by atoms with Crippen LogP contribution in [-0.4, -0.2) is 30.3 Å². The van der Waals surface area contributed by atoms with Crippen molar-refractivity contribution in [3.05, 3.63) is 29.8 Å². The predicted molar refractivity (Wildman–Crippen MR) is 64.4 cm³/mol. The molecular weight excluding hydrogens is 259 g/mol. The van der Waals surface area contributed by atoms with Gasteiger partial charge in [0.25, 0.3) is 0 Å². The highest BCUT2D eigenvalue weighted by atomic mass is 19.4. The molecule has 1 heterocycles. The summed E-state index contributed by atoms with van der Waals surface area (Å²) in [5.41, 5.74) is 0.944. The summed E-state index contributed by atoms with van der Waals surface area (Å²) in [4.78, 5) is 12.6. The van der Waals surface area contributed by atoms with Gasteiger partial charge in [-0.15, -0.1) is 0 Å². The third-order valence-corrected chi connectivity index (χ3v) is 3.44. The first-order valence-corrected chi connectivity index (χ1v) is 6.03. The van der Waals surface area contributed by atoms with Crippen molar-refractivity contribution in [1.82, 2.24) is 0 Å². The van der Waals surface area contributed by atoms with Gasteiger partial charge < -0.3 is 10.0 Å². The van der Waals surface area contributed by atoms with E-state index in [1.165, 1.54) is 12.1 Å². The van der Waals surface area contributed by atoms with Gasteiger partial charge >= 0.3 is 12.1 Å². The molecular formula is C13H14F3NO2. The van der Waals surface area contributed by atoms with Crippen molar-refractivity contribution in [3.8, 4) is 0 Å². The van der Waals surface area contributed by atoms with E-state index in [4.69, 9.17) is 5.11 Å². The number of hydrogen-bond acceptors (Lipinski definition) is 2. The molecule has 0 radical (unpaired) electrons. The van der Waals surface area contributed by atoms with Crippen molar-refractivity contribution >= 4 is 11.7 Å². The molecule has 0 amide bonds. The van der Waals surface area contributed by atoms with E-state index in [0.717, 1.165) is 5.69 Å². The predicted octanol–water partition coefficient (Wildman–Crippen LogP) is 3.16. The van der Waals surface area contributed by atoms with Gasteiger partial charge in [-0.3, -0.25) is 0 Å². The summed E-state index contributed by atoms with van der Waals surface area (Å²) in [5.74, 6) is -2.23. The Morgan fingerprint density at radius 3 is 2.11 bits per heavy atom. The molecule has 1 saturated heterocycles. The van der Waals surface area contributed by atoms with Crippen LogP contribution in [0.2, 0.25) is 0 Å². The molecule has 0 bridgehead atoms. The molecule has 1 aliphatic heterocycles. The summed E-state index contributed by atoms with van der Waals surface area (Å²) in [7, 11) is 0. The van der Waals surface area contributed by atoms with Crippen molar-refractivity contribution < 1.29 is 23.1 Å². The normalized spacial score (nSPS) is 17.5. The summed E-state index contributed by atoms with van der Waals surface area (Å²) in [5, 5.41) is 8.77. The lowest BCUT2D eigenvalue weighted by Crippen LogP contribution is -2.38. The Balaban J connectivity index is 2.00. The smallest absolute Gasteiger partial charge is 0.391 e. The zero-order valence-corrected chi connectivity index (χ0v) is 10.2. The zero-order chi connectivity index (χ0) is 14.0. The number of carbonyl (C=O) groups is 1. The van der Waals surface area contributed by atoms with Crippen LogP contribution in [0.3, 0.4) is 0 Å². The number of halogens is 3. The Labute approximate surface area is 108 Å². The first kappa shape index (κ1) is 13.7. The first-order valence-electron chi connectivity index (χ1n) is 6.03. The number of benzene rings is 1. The minimum atomic E-state index is -4.11. The second-order valence-electron chi connectivity index (χ2n) is 4.65. The third-order valence-electron chi connectivity index (χ3n) is 3.44. The number of nitrogens with zero attached hydrogens (tertiary/aromatic N) is 1. The van der Waals surface area contributed by atoms with E-state index < -0.39 is 18.1 Å². The van der Waals surface area contributed by atoms with E-state index in [0.29, 0.717) is 13.1 Å². The van der Waals surface area contributed by atoms with Gasteiger partial charge in [0.15, 0.2) is 0 Å². The van der Waals surface area contributed by atoms with Crippen molar-refractivity contribution in [2.24, 2.45) is 5.92 Å². The maximum absolute atomic E-state index is 12.5. The van der Waals surface area contributed by atoms with Crippen molar-refractivity contribution in [2.75, 3.05) is 18.0 Å². The lowest BCUT2D eigenvalue weighted by atomic mass is 9.96. The lowest BCUT2D eigenvalue weighted by molar-refractivity contribution is -0.179. The number of aromatic carboxylic acids is 1. The van der Waals surface area contributed by atoms with E-state index in [2.05, 4.69) is 0 Å². The van der Waals surface area contributed by atoms with Crippen molar-refractivity contribution in [1.29, 1.82) is 0 Å². The van der Waals surface area contributed by atoms with Crippen LogP contribution in [0, 0.1) is 5.92 Å². The van der Waals surface area contributed by atoms with Crippen LogP contribution in [0.1, 0.15) is 23.2 Å². The Kier molecular flexibility index (Phi) is 3.68. The summed E-state index contributed by atoms with van der Waals surface area (Å²) in [6.45, 7) is 0.688. The van der Waals surface area contributed by atoms with E-state index in [1.54, 1.807) is 12.1 Å². The number of hydrogen-bond donors (Lipinski definition) is 1. The van der Waals surface area contributed by atoms with E-state index in [1.807, 2.05) is 4.90 Å². The summed E-state index contributed by atoms with van der Waals surface area (Å²) in [6.07, 6.45) is -3.94. The second-order valence-corrected chi connectivity index (χ2v) is 4.65. The van der Waals surface area contributed by atoms with Gasteiger partial charge in [0, 0.05) is 18.8 Å². The molecule has 19 heavy (non-hydrogen) atoms. The molecule has 104 valence electrons. The standard InChI is InChI=1S/C13H14F3NO2/c14-13(15,16)10-5-7-17(8-6-10)11-3-1-9(2-4-11)12(18)19/h1-4,10H,5-8H2,(H,18,19). The average Bonchev–Trinajstić information content (AvgIpc) is 2.38. The number of carboxylic acids is 1. The van der Waals surface area contributed by atoms with E-state index in [9.17, 15) is 18.0 Å². The third kappa shape index (κ3) is 3.19. The molecule has 1 aromatic carbocycles. The van der Waals surface area contributed by atoms with Crippen LogP contribution >= 0.6 is 0 Å². The maximum atomic E-state index is 12.5. The quantitative estimate of drug-likeness (QED) is 0.899. The van der Waals surface area contributed by atoms with Crippen LogP contribution in [0.25, 0.3) is 0 Å². The molecule has 0 aliphatic carbocycles. The van der Waals surface area contributed by atoms with Gasteiger partial charge in [0.2, 0.25) is 0 Å². The minimum Gasteiger partial charge on any atom is -0.478 e. The van der Waals surface area contributed by atoms with Crippen LogP contribution in [0.15, 0.2) is 24.3 Å². The average molecular weight is 273 g/mol. The molecule has 6 heteroatoms. The Hall–Kier alpha value is -1.72. The highest BCUT2D eigenvalue weighted by Crippen LogP contribution is 2.35. The van der Waals surface area contributed by atoms with Gasteiger partial charge in [0.05, 0.1) is 11.5 Å². The molecule has 0 aromatic heterocycles. The highest BCUT2D eigenvalue weighted by molar-refractivity contribution is 5.88. The molecule has 1 fully saturated rings. The Bertz CT molecular complexity index is 448. The van der Waals surface area contributed by atoms with Crippen LogP contribution in [0.5, 0.6) is 0 Å². The molecule has 0 spiro atoms.